The van der Waals surface area contributed by atoms with Crippen LogP contribution in [0.4, 0.5) is 0 Å². The second-order valence-electron chi connectivity index (χ2n) is 5.19. The maximum atomic E-state index is 12.2. The average molecular weight is 276 g/mol. The SMILES string of the molecule is CSCC[C@H](N)C(=O)N(CCC(=O)O)C(C)(C)C. The van der Waals surface area contributed by atoms with Gasteiger partial charge in [0.1, 0.15) is 0 Å². The molecule has 0 rings (SSSR count). The van der Waals surface area contributed by atoms with Crippen LogP contribution in [0.5, 0.6) is 0 Å². The quantitative estimate of drug-likeness (QED) is 0.729. The second-order valence-corrected chi connectivity index (χ2v) is 6.18. The van der Waals surface area contributed by atoms with Gasteiger partial charge in [0.05, 0.1) is 12.5 Å². The van der Waals surface area contributed by atoms with E-state index in [1.165, 1.54) is 0 Å². The summed E-state index contributed by atoms with van der Waals surface area (Å²) in [4.78, 5) is 24.4. The van der Waals surface area contributed by atoms with Crippen molar-refractivity contribution in [2.75, 3.05) is 18.6 Å². The second kappa shape index (κ2) is 7.63. The van der Waals surface area contributed by atoms with Crippen molar-refractivity contribution in [3.8, 4) is 0 Å². The van der Waals surface area contributed by atoms with Gasteiger partial charge in [-0.15, -0.1) is 0 Å². The number of carbonyl (C=O) groups is 2. The fourth-order valence-electron chi connectivity index (χ4n) is 1.55. The molecule has 0 aliphatic carbocycles. The Morgan fingerprint density at radius 1 is 1.39 bits per heavy atom. The first-order chi connectivity index (χ1) is 8.20. The number of carboxylic acid groups (broad SMARTS) is 1. The van der Waals surface area contributed by atoms with Gasteiger partial charge < -0.3 is 15.7 Å². The maximum Gasteiger partial charge on any atom is 0.305 e. The van der Waals surface area contributed by atoms with Gasteiger partial charge in [-0.25, -0.2) is 0 Å². The zero-order valence-electron chi connectivity index (χ0n) is 11.6. The summed E-state index contributed by atoms with van der Waals surface area (Å²) in [5.41, 5.74) is 5.44. The molecule has 0 aliphatic rings. The summed E-state index contributed by atoms with van der Waals surface area (Å²) >= 11 is 1.64. The molecule has 0 aliphatic heterocycles. The van der Waals surface area contributed by atoms with Gasteiger partial charge in [-0.3, -0.25) is 9.59 Å². The van der Waals surface area contributed by atoms with Crippen molar-refractivity contribution >= 4 is 23.6 Å². The number of aliphatic carboxylic acids is 1. The maximum absolute atomic E-state index is 12.2. The molecule has 0 unspecified atom stereocenters. The molecule has 0 heterocycles. The summed E-state index contributed by atoms with van der Waals surface area (Å²) in [5, 5.41) is 8.72. The summed E-state index contributed by atoms with van der Waals surface area (Å²) < 4.78 is 0. The van der Waals surface area contributed by atoms with Crippen LogP contribution in [0, 0.1) is 0 Å². The first-order valence-corrected chi connectivity index (χ1v) is 7.37. The predicted octanol–water partition coefficient (Wildman–Crippen LogP) is 1.17. The number of nitrogens with zero attached hydrogens (tertiary/aromatic N) is 1. The van der Waals surface area contributed by atoms with Gasteiger partial charge in [0.15, 0.2) is 0 Å². The monoisotopic (exact) mass is 276 g/mol. The van der Waals surface area contributed by atoms with Crippen LogP contribution in [0.25, 0.3) is 0 Å². The van der Waals surface area contributed by atoms with Crippen LogP contribution < -0.4 is 5.73 Å². The minimum absolute atomic E-state index is 0.0573. The van der Waals surface area contributed by atoms with E-state index >= 15 is 0 Å². The lowest BCUT2D eigenvalue weighted by molar-refractivity contribution is -0.141. The highest BCUT2D eigenvalue weighted by atomic mass is 32.2. The summed E-state index contributed by atoms with van der Waals surface area (Å²) in [5.74, 6) is -0.253. The largest absolute Gasteiger partial charge is 0.481 e. The molecule has 18 heavy (non-hydrogen) atoms. The highest BCUT2D eigenvalue weighted by Gasteiger charge is 2.29. The lowest BCUT2D eigenvalue weighted by atomic mass is 10.0. The van der Waals surface area contributed by atoms with Crippen molar-refractivity contribution in [2.45, 2.75) is 45.2 Å². The molecule has 5 nitrogen and oxygen atoms in total. The average Bonchev–Trinajstić information content (AvgIpc) is 2.23. The highest BCUT2D eigenvalue weighted by Crippen LogP contribution is 2.16. The molecule has 0 aromatic rings. The fraction of sp³-hybridized carbons (Fsp3) is 0.833. The zero-order chi connectivity index (χ0) is 14.3. The first kappa shape index (κ1) is 17.2. The topological polar surface area (TPSA) is 83.6 Å². The molecule has 0 saturated carbocycles. The van der Waals surface area contributed by atoms with Crippen molar-refractivity contribution in [1.29, 1.82) is 0 Å². The number of hydrogen-bond acceptors (Lipinski definition) is 4. The molecule has 0 aromatic heterocycles. The molecule has 0 saturated heterocycles. The Labute approximate surface area is 113 Å². The van der Waals surface area contributed by atoms with E-state index in [-0.39, 0.29) is 18.9 Å². The smallest absolute Gasteiger partial charge is 0.305 e. The molecule has 3 N–H and O–H groups in total. The van der Waals surface area contributed by atoms with E-state index in [1.54, 1.807) is 16.7 Å². The van der Waals surface area contributed by atoms with E-state index in [4.69, 9.17) is 10.8 Å². The Morgan fingerprint density at radius 2 is 1.94 bits per heavy atom. The third-order valence-corrected chi connectivity index (χ3v) is 3.22. The number of amides is 1. The fourth-order valence-corrected chi connectivity index (χ4v) is 2.04. The molecular formula is C12H24N2O3S. The lowest BCUT2D eigenvalue weighted by Crippen LogP contribution is -2.53. The Kier molecular flexibility index (Phi) is 7.32. The molecule has 6 heteroatoms. The number of thioether (sulfide) groups is 1. The van der Waals surface area contributed by atoms with Crippen LogP contribution in [0.15, 0.2) is 0 Å². The molecule has 0 aromatic carbocycles. The minimum Gasteiger partial charge on any atom is -0.481 e. The van der Waals surface area contributed by atoms with Crippen LogP contribution in [-0.4, -0.2) is 52.0 Å². The van der Waals surface area contributed by atoms with Crippen molar-refractivity contribution in [3.63, 3.8) is 0 Å². The van der Waals surface area contributed by atoms with Crippen molar-refractivity contribution in [3.05, 3.63) is 0 Å². The van der Waals surface area contributed by atoms with Crippen LogP contribution in [0.2, 0.25) is 0 Å². The van der Waals surface area contributed by atoms with Crippen LogP contribution in [0.3, 0.4) is 0 Å². The normalized spacial score (nSPS) is 13.2. The number of carbonyl (C=O) groups excluding carboxylic acids is 1. The Hall–Kier alpha value is -0.750. The summed E-state index contributed by atoms with van der Waals surface area (Å²) in [7, 11) is 0. The lowest BCUT2D eigenvalue weighted by Gasteiger charge is -2.37. The molecule has 0 radical (unpaired) electrons. The molecule has 1 atom stereocenters. The van der Waals surface area contributed by atoms with Crippen LogP contribution in [-0.2, 0) is 9.59 Å². The van der Waals surface area contributed by atoms with Gasteiger partial charge in [-0.05, 0) is 39.2 Å². The number of nitrogens with two attached hydrogens (primary N) is 1. The Balaban J connectivity index is 4.64. The van der Waals surface area contributed by atoms with Crippen LogP contribution >= 0.6 is 11.8 Å². The van der Waals surface area contributed by atoms with Crippen molar-refractivity contribution in [1.82, 2.24) is 4.90 Å². The molecule has 0 spiro atoms. The first-order valence-electron chi connectivity index (χ1n) is 5.98. The van der Waals surface area contributed by atoms with E-state index in [0.29, 0.717) is 6.42 Å². The third kappa shape index (κ3) is 6.26. The third-order valence-electron chi connectivity index (χ3n) is 2.58. The summed E-state index contributed by atoms with van der Waals surface area (Å²) in [6, 6.07) is -0.550. The Bertz CT molecular complexity index is 290. The van der Waals surface area contributed by atoms with Crippen LogP contribution in [0.1, 0.15) is 33.6 Å². The van der Waals surface area contributed by atoms with Gasteiger partial charge in [0.25, 0.3) is 0 Å². The van der Waals surface area contributed by atoms with E-state index in [9.17, 15) is 9.59 Å². The Morgan fingerprint density at radius 3 is 2.33 bits per heavy atom. The highest BCUT2D eigenvalue weighted by molar-refractivity contribution is 7.98. The standard InChI is InChI=1S/C12H24N2O3S/c1-12(2,3)14(7-5-10(15)16)11(17)9(13)6-8-18-4/h9H,5-8,13H2,1-4H3,(H,15,16)/t9-/m0/s1. The zero-order valence-corrected chi connectivity index (χ0v) is 12.4. The van der Waals surface area contributed by atoms with Crippen molar-refractivity contribution in [2.24, 2.45) is 5.73 Å². The number of rotatable bonds is 7. The van der Waals surface area contributed by atoms with Gasteiger partial charge in [-0.1, -0.05) is 0 Å². The minimum atomic E-state index is -0.908. The van der Waals surface area contributed by atoms with E-state index in [2.05, 4.69) is 0 Å². The summed E-state index contributed by atoms with van der Waals surface area (Å²) in [6.45, 7) is 5.85. The van der Waals surface area contributed by atoms with Gasteiger partial charge in [0, 0.05) is 12.1 Å². The van der Waals surface area contributed by atoms with E-state index in [1.807, 2.05) is 27.0 Å². The predicted molar refractivity (Wildman–Crippen MR) is 74.7 cm³/mol. The molecular weight excluding hydrogens is 252 g/mol. The summed E-state index contributed by atoms with van der Waals surface area (Å²) in [6.07, 6.45) is 2.51. The van der Waals surface area contributed by atoms with E-state index < -0.39 is 17.6 Å². The molecule has 106 valence electrons. The number of carboxylic acids is 1. The van der Waals surface area contributed by atoms with Crippen molar-refractivity contribution < 1.29 is 14.7 Å². The molecule has 0 fully saturated rings. The van der Waals surface area contributed by atoms with Gasteiger partial charge in [-0.2, -0.15) is 11.8 Å². The number of hydrogen-bond donors (Lipinski definition) is 2. The van der Waals surface area contributed by atoms with E-state index in [0.717, 1.165) is 5.75 Å². The van der Waals surface area contributed by atoms with Gasteiger partial charge in [0.2, 0.25) is 5.91 Å². The molecule has 0 bridgehead atoms. The molecule has 1 amide bonds. The van der Waals surface area contributed by atoms with Gasteiger partial charge >= 0.3 is 5.97 Å².